The first-order chi connectivity index (χ1) is 10.5. The summed E-state index contributed by atoms with van der Waals surface area (Å²) in [6.07, 6.45) is 5.47. The molecule has 1 aromatic rings. The third-order valence-corrected chi connectivity index (χ3v) is 4.01. The third-order valence-electron chi connectivity index (χ3n) is 4.01. The molecule has 0 aromatic carbocycles. The number of carbonyl (C=O) groups excluding carboxylic acids is 1. The number of carboxylic acids is 2. The lowest BCUT2D eigenvalue weighted by molar-refractivity contribution is -0.150. The van der Waals surface area contributed by atoms with Crippen LogP contribution in [0.2, 0.25) is 0 Å². The van der Waals surface area contributed by atoms with E-state index in [9.17, 15) is 24.6 Å². The average molecular weight is 309 g/mol. The Morgan fingerprint density at radius 2 is 1.95 bits per heavy atom. The highest BCUT2D eigenvalue weighted by atomic mass is 16.4. The Hall–Kier alpha value is -2.38. The number of carboxylic acid groups (broad SMARTS) is 2. The molecule has 1 amide bonds. The summed E-state index contributed by atoms with van der Waals surface area (Å²) in [5.74, 6) is -4.07. The predicted molar refractivity (Wildman–Crippen MR) is 74.9 cm³/mol. The molecule has 2 rings (SSSR count). The van der Waals surface area contributed by atoms with E-state index in [1.165, 1.54) is 12.5 Å². The van der Waals surface area contributed by atoms with E-state index in [-0.39, 0.29) is 6.42 Å². The third kappa shape index (κ3) is 3.84. The van der Waals surface area contributed by atoms with Crippen molar-refractivity contribution in [3.63, 3.8) is 0 Å². The van der Waals surface area contributed by atoms with Gasteiger partial charge in [0.2, 0.25) is 5.91 Å². The molecule has 0 unspecified atom stereocenters. The van der Waals surface area contributed by atoms with Crippen molar-refractivity contribution < 1.29 is 24.6 Å². The highest BCUT2D eigenvalue weighted by Crippen LogP contribution is 2.30. The summed E-state index contributed by atoms with van der Waals surface area (Å²) in [4.78, 5) is 41.4. The van der Waals surface area contributed by atoms with Gasteiger partial charge in [-0.25, -0.2) is 9.78 Å². The molecule has 0 spiro atoms. The van der Waals surface area contributed by atoms with Crippen LogP contribution in [0.3, 0.4) is 0 Å². The van der Waals surface area contributed by atoms with E-state index in [2.05, 4.69) is 15.3 Å². The highest BCUT2D eigenvalue weighted by molar-refractivity contribution is 5.88. The number of nitrogens with zero attached hydrogens (tertiary/aromatic N) is 1. The molecule has 1 saturated carbocycles. The molecule has 3 atom stereocenters. The van der Waals surface area contributed by atoms with E-state index in [4.69, 9.17) is 0 Å². The molecule has 0 saturated heterocycles. The van der Waals surface area contributed by atoms with Gasteiger partial charge in [-0.1, -0.05) is 12.8 Å². The molecule has 120 valence electrons. The quantitative estimate of drug-likeness (QED) is 0.601. The number of hydrogen-bond acceptors (Lipinski definition) is 4. The number of aliphatic carboxylic acids is 2. The summed E-state index contributed by atoms with van der Waals surface area (Å²) in [6.45, 7) is 0. The predicted octanol–water partition coefficient (Wildman–Crippen LogP) is 0.413. The van der Waals surface area contributed by atoms with Crippen molar-refractivity contribution in [1.29, 1.82) is 0 Å². The standard InChI is InChI=1S/C14H19N3O5/c18-12(9-3-1-2-4-10(9)13(19)20)17-11(14(21)22)5-8-6-15-7-16-8/h6-7,9-11H,1-5H2,(H,15,16)(H,17,18)(H,19,20)(H,21,22)/t9-,10-,11+/m1/s1. The summed E-state index contributed by atoms with van der Waals surface area (Å²) in [7, 11) is 0. The smallest absolute Gasteiger partial charge is 0.326 e. The minimum Gasteiger partial charge on any atom is -0.481 e. The maximum Gasteiger partial charge on any atom is 0.326 e. The van der Waals surface area contributed by atoms with Gasteiger partial charge in [-0.15, -0.1) is 0 Å². The summed E-state index contributed by atoms with van der Waals surface area (Å²) in [5, 5.41) is 20.9. The lowest BCUT2D eigenvalue weighted by Crippen LogP contribution is -2.48. The second-order valence-corrected chi connectivity index (χ2v) is 5.52. The van der Waals surface area contributed by atoms with Gasteiger partial charge >= 0.3 is 11.9 Å². The summed E-state index contributed by atoms with van der Waals surface area (Å²) in [6, 6.07) is -1.11. The van der Waals surface area contributed by atoms with Crippen LogP contribution in [-0.2, 0) is 20.8 Å². The zero-order valence-electron chi connectivity index (χ0n) is 12.0. The van der Waals surface area contributed by atoms with Crippen LogP contribution in [0.4, 0.5) is 0 Å². The van der Waals surface area contributed by atoms with E-state index in [0.717, 1.165) is 12.8 Å². The van der Waals surface area contributed by atoms with Crippen molar-refractivity contribution in [1.82, 2.24) is 15.3 Å². The minimum absolute atomic E-state index is 0.0749. The van der Waals surface area contributed by atoms with Crippen LogP contribution in [0.15, 0.2) is 12.5 Å². The summed E-state index contributed by atoms with van der Waals surface area (Å²) >= 11 is 0. The van der Waals surface area contributed by atoms with E-state index in [0.29, 0.717) is 18.5 Å². The van der Waals surface area contributed by atoms with Gasteiger partial charge < -0.3 is 20.5 Å². The number of amides is 1. The van der Waals surface area contributed by atoms with Crippen molar-refractivity contribution in [2.75, 3.05) is 0 Å². The van der Waals surface area contributed by atoms with Gasteiger partial charge in [-0.2, -0.15) is 0 Å². The van der Waals surface area contributed by atoms with Crippen molar-refractivity contribution in [3.05, 3.63) is 18.2 Å². The second kappa shape index (κ2) is 7.06. The largest absolute Gasteiger partial charge is 0.481 e. The number of nitrogens with one attached hydrogen (secondary N) is 2. The molecule has 8 nitrogen and oxygen atoms in total. The molecule has 1 fully saturated rings. The lowest BCUT2D eigenvalue weighted by Gasteiger charge is -2.28. The molecule has 8 heteroatoms. The van der Waals surface area contributed by atoms with Gasteiger partial charge in [-0.3, -0.25) is 9.59 Å². The van der Waals surface area contributed by atoms with Crippen LogP contribution in [0.25, 0.3) is 0 Å². The number of imidazole rings is 1. The van der Waals surface area contributed by atoms with Crippen molar-refractivity contribution in [2.24, 2.45) is 11.8 Å². The molecule has 0 bridgehead atoms. The number of rotatable bonds is 6. The molecule has 0 aliphatic heterocycles. The van der Waals surface area contributed by atoms with Crippen molar-refractivity contribution in [2.45, 2.75) is 38.1 Å². The fraction of sp³-hybridized carbons (Fsp3) is 0.571. The van der Waals surface area contributed by atoms with Crippen LogP contribution in [-0.4, -0.2) is 44.1 Å². The van der Waals surface area contributed by atoms with Crippen LogP contribution >= 0.6 is 0 Å². The topological polar surface area (TPSA) is 132 Å². The molecular formula is C14H19N3O5. The van der Waals surface area contributed by atoms with Gasteiger partial charge in [-0.05, 0) is 12.8 Å². The molecule has 1 aromatic heterocycles. The van der Waals surface area contributed by atoms with Gasteiger partial charge in [0.25, 0.3) is 0 Å². The highest BCUT2D eigenvalue weighted by Gasteiger charge is 2.37. The molecule has 0 radical (unpaired) electrons. The molecule has 4 N–H and O–H groups in total. The van der Waals surface area contributed by atoms with E-state index in [1.807, 2.05) is 0 Å². The lowest BCUT2D eigenvalue weighted by atomic mass is 9.78. The Kier molecular flexibility index (Phi) is 5.13. The first-order valence-corrected chi connectivity index (χ1v) is 7.22. The van der Waals surface area contributed by atoms with Crippen molar-refractivity contribution in [3.8, 4) is 0 Å². The number of carbonyl (C=O) groups is 3. The minimum atomic E-state index is -1.16. The molecule has 22 heavy (non-hydrogen) atoms. The number of H-pyrrole nitrogens is 1. The van der Waals surface area contributed by atoms with Gasteiger partial charge in [0.15, 0.2) is 0 Å². The van der Waals surface area contributed by atoms with Crippen LogP contribution < -0.4 is 5.32 Å². The van der Waals surface area contributed by atoms with Crippen LogP contribution in [0.5, 0.6) is 0 Å². The summed E-state index contributed by atoms with van der Waals surface area (Å²) in [5.41, 5.74) is 0.589. The molecule has 1 aliphatic rings. The SMILES string of the molecule is O=C(O)[C@H](Cc1cnc[nH]1)NC(=O)[C@@H]1CCCC[C@H]1C(=O)O. The molecule has 1 aliphatic carbocycles. The first-order valence-electron chi connectivity index (χ1n) is 7.22. The van der Waals surface area contributed by atoms with Crippen LogP contribution in [0.1, 0.15) is 31.4 Å². The Labute approximate surface area is 126 Å². The van der Waals surface area contributed by atoms with E-state index >= 15 is 0 Å². The molecule has 1 heterocycles. The fourth-order valence-electron chi connectivity index (χ4n) is 2.84. The average Bonchev–Trinajstić information content (AvgIpc) is 2.99. The van der Waals surface area contributed by atoms with Crippen LogP contribution in [0, 0.1) is 11.8 Å². The Bertz CT molecular complexity index is 543. The van der Waals surface area contributed by atoms with Gasteiger partial charge in [0.05, 0.1) is 18.2 Å². The Morgan fingerprint density at radius 1 is 1.27 bits per heavy atom. The number of aromatic nitrogens is 2. The normalized spacial score (nSPS) is 22.7. The first kappa shape index (κ1) is 16.0. The number of aromatic amines is 1. The van der Waals surface area contributed by atoms with E-state index in [1.54, 1.807) is 0 Å². The monoisotopic (exact) mass is 309 g/mol. The number of hydrogen-bond donors (Lipinski definition) is 4. The second-order valence-electron chi connectivity index (χ2n) is 5.52. The Balaban J connectivity index is 2.03. The van der Waals surface area contributed by atoms with E-state index < -0.39 is 35.7 Å². The van der Waals surface area contributed by atoms with Gasteiger partial charge in [0, 0.05) is 18.3 Å². The van der Waals surface area contributed by atoms with Gasteiger partial charge in [0.1, 0.15) is 6.04 Å². The van der Waals surface area contributed by atoms with Crippen molar-refractivity contribution >= 4 is 17.8 Å². The summed E-state index contributed by atoms with van der Waals surface area (Å²) < 4.78 is 0. The Morgan fingerprint density at radius 3 is 2.50 bits per heavy atom. The zero-order valence-corrected chi connectivity index (χ0v) is 12.0. The maximum absolute atomic E-state index is 12.3. The fourth-order valence-corrected chi connectivity index (χ4v) is 2.84. The maximum atomic E-state index is 12.3. The molecular weight excluding hydrogens is 290 g/mol. The zero-order chi connectivity index (χ0) is 16.1.